The molecule has 5 heteroatoms. The van der Waals surface area contributed by atoms with Gasteiger partial charge in [0.25, 0.3) is 0 Å². The molecule has 2 N–H and O–H groups in total. The summed E-state index contributed by atoms with van der Waals surface area (Å²) in [5.41, 5.74) is 2.71. The van der Waals surface area contributed by atoms with Gasteiger partial charge < -0.3 is 20.3 Å². The second-order valence-corrected chi connectivity index (χ2v) is 6.52. The van der Waals surface area contributed by atoms with Gasteiger partial charge in [0, 0.05) is 30.2 Å². The zero-order valence-corrected chi connectivity index (χ0v) is 14.8. The van der Waals surface area contributed by atoms with Crippen LogP contribution in [0.3, 0.4) is 0 Å². The Labute approximate surface area is 149 Å². The van der Waals surface area contributed by atoms with Crippen LogP contribution in [0.4, 0.5) is 21.9 Å². The number of nitrogens with one attached hydrogen (secondary N) is 2. The summed E-state index contributed by atoms with van der Waals surface area (Å²) in [6.45, 7) is 4.52. The number of hydrogen-bond donors (Lipinski definition) is 2. The fourth-order valence-corrected chi connectivity index (χ4v) is 2.99. The zero-order valence-electron chi connectivity index (χ0n) is 14.8. The fraction of sp³-hybridized carbons (Fsp3) is 0.350. The van der Waals surface area contributed by atoms with Crippen molar-refractivity contribution in [2.75, 3.05) is 35.7 Å². The van der Waals surface area contributed by atoms with E-state index in [9.17, 15) is 4.79 Å². The maximum Gasteiger partial charge on any atom is 0.323 e. The minimum Gasteiger partial charge on any atom is -0.497 e. The highest BCUT2D eigenvalue weighted by atomic mass is 16.5. The van der Waals surface area contributed by atoms with Gasteiger partial charge in [0.2, 0.25) is 0 Å². The Hall–Kier alpha value is -2.69. The van der Waals surface area contributed by atoms with Crippen LogP contribution >= 0.6 is 0 Å². The molecule has 25 heavy (non-hydrogen) atoms. The number of methoxy groups -OCH3 is 1. The predicted octanol–water partition coefficient (Wildman–Crippen LogP) is 4.58. The van der Waals surface area contributed by atoms with E-state index in [1.165, 1.54) is 18.5 Å². The van der Waals surface area contributed by atoms with Crippen molar-refractivity contribution < 1.29 is 9.53 Å². The Morgan fingerprint density at radius 3 is 2.00 bits per heavy atom. The summed E-state index contributed by atoms with van der Waals surface area (Å²) in [4.78, 5) is 14.5. The van der Waals surface area contributed by atoms with Crippen LogP contribution in [0, 0.1) is 5.92 Å². The summed E-state index contributed by atoms with van der Waals surface area (Å²) < 4.78 is 5.10. The molecule has 0 saturated carbocycles. The Morgan fingerprint density at radius 2 is 1.48 bits per heavy atom. The molecular weight excluding hydrogens is 314 g/mol. The van der Waals surface area contributed by atoms with Gasteiger partial charge in [-0.2, -0.15) is 0 Å². The Bertz CT molecular complexity index is 690. The van der Waals surface area contributed by atoms with Gasteiger partial charge >= 0.3 is 6.03 Å². The molecule has 0 radical (unpaired) electrons. The molecule has 2 aromatic rings. The van der Waals surface area contributed by atoms with Crippen LogP contribution in [-0.4, -0.2) is 26.2 Å². The Morgan fingerprint density at radius 1 is 0.960 bits per heavy atom. The van der Waals surface area contributed by atoms with E-state index in [-0.39, 0.29) is 6.03 Å². The highest BCUT2D eigenvalue weighted by Crippen LogP contribution is 2.24. The van der Waals surface area contributed by atoms with E-state index in [0.717, 1.165) is 36.1 Å². The molecule has 0 aliphatic carbocycles. The first kappa shape index (κ1) is 17.1. The van der Waals surface area contributed by atoms with Crippen LogP contribution in [0.2, 0.25) is 0 Å². The van der Waals surface area contributed by atoms with E-state index in [2.05, 4.69) is 34.6 Å². The number of anilines is 3. The SMILES string of the molecule is COc1ccc(NC(=O)Nc2ccc(N3CCC(C)CC3)cc2)cc1. The van der Waals surface area contributed by atoms with Crippen molar-refractivity contribution in [3.05, 3.63) is 48.5 Å². The van der Waals surface area contributed by atoms with Crippen molar-refractivity contribution in [3.8, 4) is 5.75 Å². The van der Waals surface area contributed by atoms with E-state index < -0.39 is 0 Å². The summed E-state index contributed by atoms with van der Waals surface area (Å²) in [5, 5.41) is 5.66. The third kappa shape index (κ3) is 4.66. The number of ether oxygens (including phenoxy) is 1. The lowest BCUT2D eigenvalue weighted by molar-refractivity contribution is 0.262. The molecule has 2 aromatic carbocycles. The quantitative estimate of drug-likeness (QED) is 0.857. The number of piperidine rings is 1. The second kappa shape index (κ2) is 7.92. The first-order valence-electron chi connectivity index (χ1n) is 8.71. The standard InChI is InChI=1S/C20H25N3O2/c1-15-11-13-23(14-12-15)18-7-3-16(4-8-18)21-20(24)22-17-5-9-19(25-2)10-6-17/h3-10,15H,11-14H2,1-2H3,(H2,21,22,24). The van der Waals surface area contributed by atoms with Crippen molar-refractivity contribution in [3.63, 3.8) is 0 Å². The smallest absolute Gasteiger partial charge is 0.323 e. The average Bonchev–Trinajstić information content (AvgIpc) is 2.64. The van der Waals surface area contributed by atoms with Crippen LogP contribution in [-0.2, 0) is 0 Å². The molecule has 3 rings (SSSR count). The van der Waals surface area contributed by atoms with Gasteiger partial charge in [-0.1, -0.05) is 6.92 Å². The van der Waals surface area contributed by atoms with Gasteiger partial charge in [0.15, 0.2) is 0 Å². The van der Waals surface area contributed by atoms with Crippen LogP contribution in [0.5, 0.6) is 5.75 Å². The third-order valence-electron chi connectivity index (χ3n) is 4.62. The van der Waals surface area contributed by atoms with Crippen molar-refractivity contribution in [2.45, 2.75) is 19.8 Å². The van der Waals surface area contributed by atoms with Crippen LogP contribution in [0.1, 0.15) is 19.8 Å². The van der Waals surface area contributed by atoms with Gasteiger partial charge in [-0.3, -0.25) is 0 Å². The summed E-state index contributed by atoms with van der Waals surface area (Å²) in [5.74, 6) is 1.58. The molecule has 1 saturated heterocycles. The lowest BCUT2D eigenvalue weighted by atomic mass is 9.99. The van der Waals surface area contributed by atoms with Crippen molar-refractivity contribution >= 4 is 23.1 Å². The van der Waals surface area contributed by atoms with E-state index in [0.29, 0.717) is 0 Å². The van der Waals surface area contributed by atoms with E-state index in [1.807, 2.05) is 24.3 Å². The first-order valence-corrected chi connectivity index (χ1v) is 8.71. The first-order chi connectivity index (χ1) is 12.1. The molecule has 0 spiro atoms. The van der Waals surface area contributed by atoms with Crippen molar-refractivity contribution in [1.82, 2.24) is 0 Å². The molecule has 0 atom stereocenters. The fourth-order valence-electron chi connectivity index (χ4n) is 2.99. The van der Waals surface area contributed by atoms with Gasteiger partial charge in [0.1, 0.15) is 5.75 Å². The zero-order chi connectivity index (χ0) is 17.6. The highest BCUT2D eigenvalue weighted by molar-refractivity contribution is 5.99. The minimum atomic E-state index is -0.260. The maximum absolute atomic E-state index is 12.1. The number of hydrogen-bond acceptors (Lipinski definition) is 3. The van der Waals surface area contributed by atoms with E-state index in [4.69, 9.17) is 4.74 Å². The summed E-state index contributed by atoms with van der Waals surface area (Å²) in [7, 11) is 1.61. The maximum atomic E-state index is 12.1. The highest BCUT2D eigenvalue weighted by Gasteiger charge is 2.15. The number of benzene rings is 2. The molecule has 0 bridgehead atoms. The monoisotopic (exact) mass is 339 g/mol. The summed E-state index contributed by atoms with van der Waals surface area (Å²) in [6.07, 6.45) is 2.48. The Balaban J connectivity index is 1.54. The average molecular weight is 339 g/mol. The predicted molar refractivity (Wildman–Crippen MR) is 103 cm³/mol. The third-order valence-corrected chi connectivity index (χ3v) is 4.62. The molecule has 1 aliphatic rings. The number of rotatable bonds is 4. The Kier molecular flexibility index (Phi) is 5.43. The van der Waals surface area contributed by atoms with Crippen LogP contribution in [0.25, 0.3) is 0 Å². The van der Waals surface area contributed by atoms with Gasteiger partial charge in [-0.15, -0.1) is 0 Å². The molecule has 1 fully saturated rings. The summed E-state index contributed by atoms with van der Waals surface area (Å²) in [6, 6.07) is 15.0. The molecular formula is C20H25N3O2. The molecule has 1 heterocycles. The summed E-state index contributed by atoms with van der Waals surface area (Å²) >= 11 is 0. The largest absolute Gasteiger partial charge is 0.497 e. The normalized spacial score (nSPS) is 14.9. The molecule has 5 nitrogen and oxygen atoms in total. The molecule has 0 aromatic heterocycles. The van der Waals surface area contributed by atoms with Gasteiger partial charge in [-0.05, 0) is 67.3 Å². The van der Waals surface area contributed by atoms with Crippen molar-refractivity contribution in [1.29, 1.82) is 0 Å². The number of carbonyl (C=O) groups excluding carboxylic acids is 1. The number of carbonyl (C=O) groups is 1. The lowest BCUT2D eigenvalue weighted by Crippen LogP contribution is -2.32. The van der Waals surface area contributed by atoms with E-state index >= 15 is 0 Å². The second-order valence-electron chi connectivity index (χ2n) is 6.52. The van der Waals surface area contributed by atoms with Crippen molar-refractivity contribution in [2.24, 2.45) is 5.92 Å². The van der Waals surface area contributed by atoms with Crippen LogP contribution < -0.4 is 20.3 Å². The lowest BCUT2D eigenvalue weighted by Gasteiger charge is -2.32. The molecule has 2 amide bonds. The molecule has 0 unspecified atom stereocenters. The number of amides is 2. The van der Waals surface area contributed by atoms with Gasteiger partial charge in [0.05, 0.1) is 7.11 Å². The minimum absolute atomic E-state index is 0.260. The van der Waals surface area contributed by atoms with Crippen LogP contribution in [0.15, 0.2) is 48.5 Å². The number of urea groups is 1. The molecule has 132 valence electrons. The topological polar surface area (TPSA) is 53.6 Å². The number of nitrogens with zero attached hydrogens (tertiary/aromatic N) is 1. The van der Waals surface area contributed by atoms with Gasteiger partial charge in [-0.25, -0.2) is 4.79 Å². The van der Waals surface area contributed by atoms with E-state index in [1.54, 1.807) is 19.2 Å². The molecule has 1 aliphatic heterocycles.